The third-order valence-electron chi connectivity index (χ3n) is 3.67. The first-order chi connectivity index (χ1) is 11.0. The molecular weight excluding hydrogens is 321 g/mol. The fourth-order valence-electron chi connectivity index (χ4n) is 2.42. The molecule has 3 rings (SSSR count). The molecule has 0 radical (unpaired) electrons. The first-order valence-electron chi connectivity index (χ1n) is 7.16. The van der Waals surface area contributed by atoms with Gasteiger partial charge in [0, 0.05) is 10.6 Å². The highest BCUT2D eigenvalue weighted by molar-refractivity contribution is 6.31. The molecule has 1 atom stereocenters. The van der Waals surface area contributed by atoms with Crippen LogP contribution in [-0.2, 0) is 11.2 Å². The van der Waals surface area contributed by atoms with Gasteiger partial charge in [-0.2, -0.15) is 0 Å². The zero-order valence-corrected chi connectivity index (χ0v) is 13.2. The Balaban J connectivity index is 1.68. The van der Waals surface area contributed by atoms with Crippen molar-refractivity contribution in [2.24, 2.45) is 0 Å². The molecule has 6 heteroatoms. The molecule has 1 unspecified atom stereocenters. The number of hydrogen-bond donors (Lipinski definition) is 1. The fraction of sp³-hybridized carbons (Fsp3) is 0.235. The van der Waals surface area contributed by atoms with E-state index >= 15 is 0 Å². The number of benzene rings is 2. The topological polar surface area (TPSA) is 47.6 Å². The van der Waals surface area contributed by atoms with Crippen molar-refractivity contribution >= 4 is 17.5 Å². The summed E-state index contributed by atoms with van der Waals surface area (Å²) in [5.41, 5.74) is 1.08. The number of rotatable bonds is 4. The standard InChI is InChI=1S/C17H15ClFNO3/c1-10(11-5-6-15-16(7-11)23-9-22-15)20-17(21)8-12-13(18)3-2-4-14(12)19/h2-7,10H,8-9H2,1H3,(H,20,21). The maximum atomic E-state index is 13.7. The van der Waals surface area contributed by atoms with Gasteiger partial charge < -0.3 is 14.8 Å². The lowest BCUT2D eigenvalue weighted by Gasteiger charge is -2.15. The summed E-state index contributed by atoms with van der Waals surface area (Å²) in [7, 11) is 0. The SMILES string of the molecule is CC(NC(=O)Cc1c(F)cccc1Cl)c1ccc2c(c1)OCO2. The van der Waals surface area contributed by atoms with Gasteiger partial charge in [-0.1, -0.05) is 23.7 Å². The predicted octanol–water partition coefficient (Wildman–Crippen LogP) is 3.63. The van der Waals surface area contributed by atoms with Gasteiger partial charge in [-0.3, -0.25) is 4.79 Å². The largest absolute Gasteiger partial charge is 0.454 e. The first kappa shape index (κ1) is 15.6. The van der Waals surface area contributed by atoms with E-state index in [1.807, 2.05) is 19.1 Å². The Morgan fingerprint density at radius 1 is 1.30 bits per heavy atom. The van der Waals surface area contributed by atoms with E-state index in [9.17, 15) is 9.18 Å². The third kappa shape index (κ3) is 3.40. The van der Waals surface area contributed by atoms with E-state index in [1.165, 1.54) is 12.1 Å². The van der Waals surface area contributed by atoms with Crippen molar-refractivity contribution in [3.8, 4) is 11.5 Å². The van der Waals surface area contributed by atoms with Crippen molar-refractivity contribution in [1.82, 2.24) is 5.32 Å². The minimum absolute atomic E-state index is 0.111. The van der Waals surface area contributed by atoms with Crippen LogP contribution in [0.25, 0.3) is 0 Å². The molecule has 0 fully saturated rings. The Hall–Kier alpha value is -2.27. The van der Waals surface area contributed by atoms with Gasteiger partial charge >= 0.3 is 0 Å². The summed E-state index contributed by atoms with van der Waals surface area (Å²) < 4.78 is 24.3. The summed E-state index contributed by atoms with van der Waals surface area (Å²) in [6, 6.07) is 9.59. The molecule has 1 amide bonds. The van der Waals surface area contributed by atoms with Crippen molar-refractivity contribution < 1.29 is 18.7 Å². The molecule has 0 saturated heterocycles. The van der Waals surface area contributed by atoms with E-state index in [1.54, 1.807) is 12.1 Å². The Morgan fingerprint density at radius 2 is 2.09 bits per heavy atom. The van der Waals surface area contributed by atoms with Gasteiger partial charge in [-0.05, 0) is 36.8 Å². The van der Waals surface area contributed by atoms with Crippen LogP contribution in [0.1, 0.15) is 24.1 Å². The normalized spacial score (nSPS) is 13.7. The van der Waals surface area contributed by atoms with Crippen LogP contribution in [-0.4, -0.2) is 12.7 Å². The summed E-state index contributed by atoms with van der Waals surface area (Å²) in [5, 5.41) is 3.08. The first-order valence-corrected chi connectivity index (χ1v) is 7.54. The molecule has 0 bridgehead atoms. The molecule has 23 heavy (non-hydrogen) atoms. The number of fused-ring (bicyclic) bond motifs is 1. The zero-order chi connectivity index (χ0) is 16.4. The lowest BCUT2D eigenvalue weighted by Crippen LogP contribution is -2.28. The molecule has 1 aliphatic heterocycles. The number of amides is 1. The Labute approximate surface area is 138 Å². The van der Waals surface area contributed by atoms with E-state index in [4.69, 9.17) is 21.1 Å². The van der Waals surface area contributed by atoms with E-state index in [2.05, 4.69) is 5.32 Å². The van der Waals surface area contributed by atoms with Crippen LogP contribution >= 0.6 is 11.6 Å². The number of carbonyl (C=O) groups excluding carboxylic acids is 1. The second-order valence-corrected chi connectivity index (χ2v) is 5.69. The molecule has 0 spiro atoms. The molecule has 4 nitrogen and oxygen atoms in total. The molecule has 1 N–H and O–H groups in total. The molecule has 1 heterocycles. The number of hydrogen-bond acceptors (Lipinski definition) is 3. The van der Waals surface area contributed by atoms with Gasteiger partial charge in [0.15, 0.2) is 11.5 Å². The van der Waals surface area contributed by atoms with Gasteiger partial charge in [0.1, 0.15) is 5.82 Å². The summed E-state index contributed by atoms with van der Waals surface area (Å²) >= 11 is 5.94. The molecule has 2 aromatic carbocycles. The van der Waals surface area contributed by atoms with E-state index in [0.717, 1.165) is 5.56 Å². The van der Waals surface area contributed by atoms with Gasteiger partial charge in [0.2, 0.25) is 12.7 Å². The quantitative estimate of drug-likeness (QED) is 0.928. The molecular formula is C17H15ClFNO3. The van der Waals surface area contributed by atoms with Crippen LogP contribution in [0.5, 0.6) is 11.5 Å². The minimum atomic E-state index is -0.483. The molecule has 120 valence electrons. The lowest BCUT2D eigenvalue weighted by molar-refractivity contribution is -0.121. The summed E-state index contributed by atoms with van der Waals surface area (Å²) in [6.45, 7) is 2.05. The van der Waals surface area contributed by atoms with Gasteiger partial charge in [-0.25, -0.2) is 4.39 Å². The van der Waals surface area contributed by atoms with E-state index in [-0.39, 0.29) is 35.7 Å². The smallest absolute Gasteiger partial charge is 0.231 e. The number of halogens is 2. The molecule has 0 aliphatic carbocycles. The molecule has 2 aromatic rings. The Kier molecular flexibility index (Phi) is 4.39. The van der Waals surface area contributed by atoms with Crippen LogP contribution in [0.4, 0.5) is 4.39 Å². The van der Waals surface area contributed by atoms with Crippen LogP contribution in [0.2, 0.25) is 5.02 Å². The van der Waals surface area contributed by atoms with Crippen molar-refractivity contribution in [2.75, 3.05) is 6.79 Å². The summed E-state index contributed by atoms with van der Waals surface area (Å²) in [6.07, 6.45) is -0.111. The molecule has 0 saturated carbocycles. The van der Waals surface area contributed by atoms with Crippen molar-refractivity contribution in [2.45, 2.75) is 19.4 Å². The Morgan fingerprint density at radius 3 is 2.87 bits per heavy atom. The third-order valence-corrected chi connectivity index (χ3v) is 4.03. The van der Waals surface area contributed by atoms with Crippen LogP contribution < -0.4 is 14.8 Å². The highest BCUT2D eigenvalue weighted by Crippen LogP contribution is 2.34. The number of carbonyl (C=O) groups is 1. The monoisotopic (exact) mass is 335 g/mol. The number of nitrogens with one attached hydrogen (secondary N) is 1. The zero-order valence-electron chi connectivity index (χ0n) is 12.4. The van der Waals surface area contributed by atoms with Gasteiger partial charge in [0.25, 0.3) is 0 Å². The minimum Gasteiger partial charge on any atom is -0.454 e. The predicted molar refractivity (Wildman–Crippen MR) is 84.2 cm³/mol. The van der Waals surface area contributed by atoms with E-state index < -0.39 is 5.82 Å². The summed E-state index contributed by atoms with van der Waals surface area (Å²) in [4.78, 5) is 12.1. The highest BCUT2D eigenvalue weighted by Gasteiger charge is 2.18. The van der Waals surface area contributed by atoms with Crippen molar-refractivity contribution in [3.63, 3.8) is 0 Å². The average molecular weight is 336 g/mol. The van der Waals surface area contributed by atoms with Crippen molar-refractivity contribution in [3.05, 3.63) is 58.4 Å². The van der Waals surface area contributed by atoms with Crippen LogP contribution in [0.15, 0.2) is 36.4 Å². The maximum absolute atomic E-state index is 13.7. The molecule has 0 aromatic heterocycles. The average Bonchev–Trinajstić information content (AvgIpc) is 2.98. The maximum Gasteiger partial charge on any atom is 0.231 e. The molecule has 1 aliphatic rings. The second-order valence-electron chi connectivity index (χ2n) is 5.28. The summed E-state index contributed by atoms with van der Waals surface area (Å²) in [5.74, 6) is 0.553. The fourth-order valence-corrected chi connectivity index (χ4v) is 2.65. The van der Waals surface area contributed by atoms with Gasteiger partial charge in [-0.15, -0.1) is 0 Å². The van der Waals surface area contributed by atoms with Crippen molar-refractivity contribution in [1.29, 1.82) is 0 Å². The lowest BCUT2D eigenvalue weighted by atomic mass is 10.1. The number of ether oxygens (including phenoxy) is 2. The van der Waals surface area contributed by atoms with Crippen LogP contribution in [0.3, 0.4) is 0 Å². The highest BCUT2D eigenvalue weighted by atomic mass is 35.5. The van der Waals surface area contributed by atoms with Crippen LogP contribution in [0, 0.1) is 5.82 Å². The Bertz CT molecular complexity index is 730. The van der Waals surface area contributed by atoms with Gasteiger partial charge in [0.05, 0.1) is 12.5 Å². The van der Waals surface area contributed by atoms with E-state index in [0.29, 0.717) is 11.5 Å². The second kappa shape index (κ2) is 6.46.